The van der Waals surface area contributed by atoms with Crippen molar-refractivity contribution in [1.29, 1.82) is 0 Å². The Kier molecular flexibility index (Phi) is 6.59. The van der Waals surface area contributed by atoms with Gasteiger partial charge in [0.25, 0.3) is 0 Å². The Labute approximate surface area is 171 Å². The minimum absolute atomic E-state index is 0.00919. The lowest BCUT2D eigenvalue weighted by atomic mass is 10.1. The van der Waals surface area contributed by atoms with Crippen LogP contribution in [0.5, 0.6) is 0 Å². The van der Waals surface area contributed by atoms with E-state index in [9.17, 15) is 14.0 Å². The van der Waals surface area contributed by atoms with Gasteiger partial charge in [-0.3, -0.25) is 9.59 Å². The number of thiazole rings is 1. The fourth-order valence-electron chi connectivity index (χ4n) is 2.42. The van der Waals surface area contributed by atoms with Crippen molar-refractivity contribution in [3.63, 3.8) is 0 Å². The van der Waals surface area contributed by atoms with Gasteiger partial charge in [-0.2, -0.15) is 0 Å². The van der Waals surface area contributed by atoms with E-state index in [1.807, 2.05) is 12.3 Å². The molecule has 7 heteroatoms. The van der Waals surface area contributed by atoms with Crippen molar-refractivity contribution in [2.75, 3.05) is 5.32 Å². The van der Waals surface area contributed by atoms with Crippen LogP contribution in [-0.4, -0.2) is 21.9 Å². The van der Waals surface area contributed by atoms with Gasteiger partial charge in [-0.25, -0.2) is 9.37 Å². The number of ketones is 1. The number of Topliss-reactive ketones (excluding diaryl/α,β-unsaturated/α-hetero) is 1. The number of halogens is 1. The third-order valence-corrected chi connectivity index (χ3v) is 6.17. The molecule has 3 aromatic rings. The molecule has 28 heavy (non-hydrogen) atoms. The number of aromatic nitrogens is 1. The third kappa shape index (κ3) is 5.27. The van der Waals surface area contributed by atoms with E-state index >= 15 is 0 Å². The average Bonchev–Trinajstić information content (AvgIpc) is 3.16. The van der Waals surface area contributed by atoms with Crippen molar-refractivity contribution in [3.05, 3.63) is 71.0 Å². The summed E-state index contributed by atoms with van der Waals surface area (Å²) in [6, 6.07) is 13.1. The predicted octanol–water partition coefficient (Wildman–Crippen LogP) is 5.41. The first-order valence-corrected chi connectivity index (χ1v) is 10.6. The van der Waals surface area contributed by atoms with Gasteiger partial charge >= 0.3 is 0 Å². The van der Waals surface area contributed by atoms with Gasteiger partial charge in [0.05, 0.1) is 10.9 Å². The van der Waals surface area contributed by atoms with Crippen LogP contribution in [0, 0.1) is 5.82 Å². The summed E-state index contributed by atoms with van der Waals surface area (Å²) >= 11 is 2.99. The quantitative estimate of drug-likeness (QED) is 0.525. The largest absolute Gasteiger partial charge is 0.325 e. The Bertz CT molecular complexity index is 969. The lowest BCUT2D eigenvalue weighted by molar-refractivity contribution is -0.115. The summed E-state index contributed by atoms with van der Waals surface area (Å²) in [5.74, 6) is 0.224. The van der Waals surface area contributed by atoms with E-state index in [1.54, 1.807) is 36.4 Å². The Hall–Kier alpha value is -2.51. The molecule has 0 saturated carbocycles. The predicted molar refractivity (Wildman–Crippen MR) is 113 cm³/mol. The number of carbonyl (C=O) groups excluding carboxylic acids is 2. The number of hydrogen-bond acceptors (Lipinski definition) is 5. The van der Waals surface area contributed by atoms with Crippen LogP contribution in [0.25, 0.3) is 10.6 Å². The first-order chi connectivity index (χ1) is 13.4. The van der Waals surface area contributed by atoms with Gasteiger partial charge in [0.15, 0.2) is 5.78 Å². The average molecular weight is 415 g/mol. The minimum Gasteiger partial charge on any atom is -0.325 e. The number of anilines is 1. The van der Waals surface area contributed by atoms with E-state index in [0.29, 0.717) is 17.0 Å². The van der Waals surface area contributed by atoms with Crippen LogP contribution in [-0.2, 0) is 10.5 Å². The van der Waals surface area contributed by atoms with E-state index in [-0.39, 0.29) is 22.8 Å². The first kappa shape index (κ1) is 20.2. The maximum Gasteiger partial charge on any atom is 0.237 e. The molecular weight excluding hydrogens is 395 g/mol. The lowest BCUT2D eigenvalue weighted by Crippen LogP contribution is -2.22. The molecule has 0 fully saturated rings. The van der Waals surface area contributed by atoms with Gasteiger partial charge in [0.1, 0.15) is 10.8 Å². The number of nitrogens with one attached hydrogen (secondary N) is 1. The molecule has 1 atom stereocenters. The van der Waals surface area contributed by atoms with Crippen LogP contribution in [0.15, 0.2) is 53.9 Å². The smallest absolute Gasteiger partial charge is 0.237 e. The molecule has 1 heterocycles. The molecule has 0 bridgehead atoms. The zero-order valence-corrected chi connectivity index (χ0v) is 17.1. The number of carbonyl (C=O) groups is 2. The van der Waals surface area contributed by atoms with Crippen LogP contribution in [0.4, 0.5) is 10.1 Å². The first-order valence-electron chi connectivity index (χ1n) is 8.66. The normalized spacial score (nSPS) is 11.8. The number of amides is 1. The molecule has 1 amide bonds. The Morgan fingerprint density at radius 2 is 1.82 bits per heavy atom. The molecule has 4 nitrogen and oxygen atoms in total. The highest BCUT2D eigenvalue weighted by Crippen LogP contribution is 2.27. The van der Waals surface area contributed by atoms with Gasteiger partial charge < -0.3 is 5.32 Å². The molecule has 2 aromatic carbocycles. The highest BCUT2D eigenvalue weighted by Gasteiger charge is 2.15. The van der Waals surface area contributed by atoms with Crippen LogP contribution in [0.3, 0.4) is 0 Å². The van der Waals surface area contributed by atoms with Gasteiger partial charge in [0, 0.05) is 27.9 Å². The molecule has 144 valence electrons. The standard InChI is InChI=1S/C21H19FN2O2S2/c1-13(25)15-5-9-18(10-6-15)23-20(26)14(2)27-11-19-12-28-21(24-19)16-3-7-17(22)8-4-16/h3-10,12,14H,11H2,1-2H3,(H,23,26). The van der Waals surface area contributed by atoms with E-state index < -0.39 is 0 Å². The summed E-state index contributed by atoms with van der Waals surface area (Å²) in [6.07, 6.45) is 0. The van der Waals surface area contributed by atoms with Crippen LogP contribution in [0.1, 0.15) is 29.9 Å². The number of hydrogen-bond donors (Lipinski definition) is 1. The Morgan fingerprint density at radius 1 is 1.14 bits per heavy atom. The summed E-state index contributed by atoms with van der Waals surface area (Å²) in [6.45, 7) is 3.35. The highest BCUT2D eigenvalue weighted by atomic mass is 32.2. The van der Waals surface area contributed by atoms with E-state index in [1.165, 1.54) is 42.2 Å². The number of benzene rings is 2. The van der Waals surface area contributed by atoms with E-state index in [0.717, 1.165) is 16.3 Å². The number of rotatable bonds is 7. The topological polar surface area (TPSA) is 59.1 Å². The fourth-order valence-corrected chi connectivity index (χ4v) is 4.13. The van der Waals surface area contributed by atoms with Crippen molar-refractivity contribution in [1.82, 2.24) is 4.98 Å². The van der Waals surface area contributed by atoms with E-state index in [4.69, 9.17) is 0 Å². The second-order valence-electron chi connectivity index (χ2n) is 6.23. The maximum atomic E-state index is 13.0. The molecule has 0 radical (unpaired) electrons. The van der Waals surface area contributed by atoms with Gasteiger partial charge in [-0.15, -0.1) is 23.1 Å². The van der Waals surface area contributed by atoms with Crippen molar-refractivity contribution < 1.29 is 14.0 Å². The monoisotopic (exact) mass is 414 g/mol. The van der Waals surface area contributed by atoms with Crippen molar-refractivity contribution in [2.24, 2.45) is 0 Å². The molecule has 0 aliphatic carbocycles. The van der Waals surface area contributed by atoms with Gasteiger partial charge in [-0.05, 0) is 62.4 Å². The fraction of sp³-hybridized carbons (Fsp3) is 0.190. The third-order valence-electron chi connectivity index (χ3n) is 4.05. The van der Waals surface area contributed by atoms with E-state index in [2.05, 4.69) is 10.3 Å². The zero-order chi connectivity index (χ0) is 20.1. The summed E-state index contributed by atoms with van der Waals surface area (Å²) < 4.78 is 13.0. The highest BCUT2D eigenvalue weighted by molar-refractivity contribution is 7.99. The summed E-state index contributed by atoms with van der Waals surface area (Å²) in [4.78, 5) is 28.2. The van der Waals surface area contributed by atoms with Gasteiger partial charge in [-0.1, -0.05) is 0 Å². The lowest BCUT2D eigenvalue weighted by Gasteiger charge is -2.11. The molecule has 0 saturated heterocycles. The van der Waals surface area contributed by atoms with Crippen LogP contribution >= 0.6 is 23.1 Å². The molecular formula is C21H19FN2O2S2. The molecule has 1 aromatic heterocycles. The van der Waals surface area contributed by atoms with Crippen LogP contribution in [0.2, 0.25) is 0 Å². The number of thioether (sulfide) groups is 1. The van der Waals surface area contributed by atoms with Crippen molar-refractivity contribution in [3.8, 4) is 10.6 Å². The molecule has 1 N–H and O–H groups in total. The van der Waals surface area contributed by atoms with Crippen molar-refractivity contribution in [2.45, 2.75) is 24.9 Å². The Morgan fingerprint density at radius 3 is 2.46 bits per heavy atom. The minimum atomic E-state index is -0.271. The van der Waals surface area contributed by atoms with Gasteiger partial charge in [0.2, 0.25) is 5.91 Å². The molecule has 1 unspecified atom stereocenters. The number of nitrogens with zero attached hydrogens (tertiary/aromatic N) is 1. The second kappa shape index (κ2) is 9.12. The van der Waals surface area contributed by atoms with Crippen molar-refractivity contribution >= 4 is 40.5 Å². The molecule has 3 rings (SSSR count). The maximum absolute atomic E-state index is 13.0. The second-order valence-corrected chi connectivity index (χ2v) is 8.41. The summed E-state index contributed by atoms with van der Waals surface area (Å²) in [5.41, 5.74) is 3.04. The summed E-state index contributed by atoms with van der Waals surface area (Å²) in [7, 11) is 0. The Balaban J connectivity index is 1.53. The SMILES string of the molecule is CC(=O)c1ccc(NC(=O)C(C)SCc2csc(-c3ccc(F)cc3)n2)cc1. The van der Waals surface area contributed by atoms with Crippen LogP contribution < -0.4 is 5.32 Å². The molecule has 0 spiro atoms. The molecule has 0 aliphatic rings. The summed E-state index contributed by atoms with van der Waals surface area (Å²) in [5, 5.41) is 5.38. The molecule has 0 aliphatic heterocycles. The zero-order valence-electron chi connectivity index (χ0n) is 15.4.